The van der Waals surface area contributed by atoms with Gasteiger partial charge in [0.15, 0.2) is 0 Å². The first kappa shape index (κ1) is 13.8. The van der Waals surface area contributed by atoms with Crippen molar-refractivity contribution in [3.8, 4) is 0 Å². The number of nitrogens with one attached hydrogen (secondary N) is 1. The van der Waals surface area contributed by atoms with Crippen molar-refractivity contribution in [1.82, 2.24) is 5.32 Å². The molecule has 0 spiro atoms. The Balaban J connectivity index is 2.48. The molecule has 0 saturated heterocycles. The molecule has 1 atom stereocenters. The lowest BCUT2D eigenvalue weighted by atomic mass is 9.93. The fourth-order valence-corrected chi connectivity index (χ4v) is 2.53. The lowest BCUT2D eigenvalue weighted by Crippen LogP contribution is -2.23. The number of hydrogen-bond donors (Lipinski definition) is 1. The minimum Gasteiger partial charge on any atom is -0.307 e. The summed E-state index contributed by atoms with van der Waals surface area (Å²) in [6, 6.07) is 15.7. The van der Waals surface area contributed by atoms with Crippen LogP contribution in [-0.2, 0) is 0 Å². The molecule has 0 bridgehead atoms. The van der Waals surface area contributed by atoms with E-state index in [9.17, 15) is 0 Å². The molecular weight excluding hydrogens is 230 g/mol. The van der Waals surface area contributed by atoms with E-state index in [1.807, 2.05) is 0 Å². The predicted octanol–water partition coefficient (Wildman–Crippen LogP) is 4.31. The Morgan fingerprint density at radius 1 is 0.947 bits per heavy atom. The molecule has 0 aliphatic carbocycles. The van der Waals surface area contributed by atoms with Gasteiger partial charge in [-0.2, -0.15) is 0 Å². The third kappa shape index (κ3) is 3.24. The second kappa shape index (κ2) is 6.03. The van der Waals surface area contributed by atoms with Gasteiger partial charge in [-0.1, -0.05) is 60.5 Å². The zero-order valence-corrected chi connectivity index (χ0v) is 12.3. The fourth-order valence-electron chi connectivity index (χ4n) is 2.53. The molecule has 2 aromatic carbocycles. The van der Waals surface area contributed by atoms with Crippen LogP contribution >= 0.6 is 0 Å². The van der Waals surface area contributed by atoms with Gasteiger partial charge in [0.25, 0.3) is 0 Å². The van der Waals surface area contributed by atoms with E-state index in [0.717, 1.165) is 6.54 Å². The monoisotopic (exact) mass is 253 g/mol. The highest BCUT2D eigenvalue weighted by Gasteiger charge is 2.15. The molecule has 0 heterocycles. The smallest absolute Gasteiger partial charge is 0.0579 e. The SMILES string of the molecule is CCNC(c1cccc(C)c1)c1cc(C)ccc1C. The summed E-state index contributed by atoms with van der Waals surface area (Å²) in [6.45, 7) is 9.62. The highest BCUT2D eigenvalue weighted by atomic mass is 14.9. The molecule has 2 aromatic rings. The summed E-state index contributed by atoms with van der Waals surface area (Å²) >= 11 is 0. The summed E-state index contributed by atoms with van der Waals surface area (Å²) in [7, 11) is 0. The Morgan fingerprint density at radius 3 is 2.37 bits per heavy atom. The van der Waals surface area contributed by atoms with E-state index in [1.54, 1.807) is 0 Å². The van der Waals surface area contributed by atoms with Crippen LogP contribution in [0.15, 0.2) is 42.5 Å². The van der Waals surface area contributed by atoms with E-state index in [-0.39, 0.29) is 6.04 Å². The van der Waals surface area contributed by atoms with Crippen LogP contribution in [0, 0.1) is 20.8 Å². The van der Waals surface area contributed by atoms with Gasteiger partial charge < -0.3 is 5.32 Å². The largest absolute Gasteiger partial charge is 0.307 e. The highest BCUT2D eigenvalue weighted by molar-refractivity contribution is 5.40. The van der Waals surface area contributed by atoms with Crippen molar-refractivity contribution < 1.29 is 0 Å². The molecule has 0 amide bonds. The Labute approximate surface area is 116 Å². The average Bonchev–Trinajstić information content (AvgIpc) is 2.39. The number of benzene rings is 2. The van der Waals surface area contributed by atoms with E-state index in [0.29, 0.717) is 0 Å². The molecule has 0 saturated carbocycles. The van der Waals surface area contributed by atoms with Gasteiger partial charge in [-0.3, -0.25) is 0 Å². The van der Waals surface area contributed by atoms with Crippen molar-refractivity contribution in [2.75, 3.05) is 6.54 Å². The summed E-state index contributed by atoms with van der Waals surface area (Å²) in [5.41, 5.74) is 6.70. The Hall–Kier alpha value is -1.60. The maximum absolute atomic E-state index is 3.61. The van der Waals surface area contributed by atoms with Gasteiger partial charge in [0.1, 0.15) is 0 Å². The van der Waals surface area contributed by atoms with Gasteiger partial charge in [-0.25, -0.2) is 0 Å². The molecular formula is C18H23N. The van der Waals surface area contributed by atoms with Crippen LogP contribution in [0.4, 0.5) is 0 Å². The summed E-state index contributed by atoms with van der Waals surface area (Å²) < 4.78 is 0. The molecule has 0 aliphatic heterocycles. The van der Waals surface area contributed by atoms with Gasteiger partial charge in [-0.15, -0.1) is 0 Å². The van der Waals surface area contributed by atoms with Crippen LogP contribution < -0.4 is 5.32 Å². The summed E-state index contributed by atoms with van der Waals surface area (Å²) in [6.07, 6.45) is 0. The third-order valence-corrected chi connectivity index (χ3v) is 3.53. The Morgan fingerprint density at radius 2 is 1.68 bits per heavy atom. The first-order chi connectivity index (χ1) is 9.11. The number of aryl methyl sites for hydroxylation is 3. The summed E-state index contributed by atoms with van der Waals surface area (Å²) in [5.74, 6) is 0. The Bertz CT molecular complexity index is 557. The lowest BCUT2D eigenvalue weighted by Gasteiger charge is -2.22. The Kier molecular flexibility index (Phi) is 4.39. The van der Waals surface area contributed by atoms with Gasteiger partial charge >= 0.3 is 0 Å². The molecule has 2 rings (SSSR count). The number of hydrogen-bond acceptors (Lipinski definition) is 1. The maximum atomic E-state index is 3.61. The molecule has 0 fully saturated rings. The van der Waals surface area contributed by atoms with E-state index in [4.69, 9.17) is 0 Å². The van der Waals surface area contributed by atoms with E-state index in [1.165, 1.54) is 27.8 Å². The van der Waals surface area contributed by atoms with E-state index >= 15 is 0 Å². The average molecular weight is 253 g/mol. The molecule has 1 heteroatoms. The molecule has 19 heavy (non-hydrogen) atoms. The van der Waals surface area contributed by atoms with Crippen LogP contribution in [0.25, 0.3) is 0 Å². The summed E-state index contributed by atoms with van der Waals surface area (Å²) in [4.78, 5) is 0. The molecule has 1 unspecified atom stereocenters. The third-order valence-electron chi connectivity index (χ3n) is 3.53. The normalized spacial score (nSPS) is 12.4. The topological polar surface area (TPSA) is 12.0 Å². The van der Waals surface area contributed by atoms with Crippen molar-refractivity contribution in [1.29, 1.82) is 0 Å². The number of rotatable bonds is 4. The standard InChI is InChI=1S/C18H23N/c1-5-19-18(16-8-6-7-13(2)11-16)17-12-14(3)9-10-15(17)4/h6-12,18-19H,5H2,1-4H3. The quantitative estimate of drug-likeness (QED) is 0.856. The van der Waals surface area contributed by atoms with Crippen molar-refractivity contribution in [3.05, 3.63) is 70.3 Å². The van der Waals surface area contributed by atoms with Crippen LogP contribution in [-0.4, -0.2) is 6.54 Å². The first-order valence-corrected chi connectivity index (χ1v) is 6.99. The van der Waals surface area contributed by atoms with Crippen LogP contribution in [0.2, 0.25) is 0 Å². The molecule has 0 aliphatic rings. The first-order valence-electron chi connectivity index (χ1n) is 6.99. The van der Waals surface area contributed by atoms with E-state index in [2.05, 4.69) is 75.5 Å². The van der Waals surface area contributed by atoms with Crippen LogP contribution in [0.5, 0.6) is 0 Å². The minimum atomic E-state index is 0.282. The van der Waals surface area contributed by atoms with Crippen molar-refractivity contribution in [2.24, 2.45) is 0 Å². The predicted molar refractivity (Wildman–Crippen MR) is 82.6 cm³/mol. The minimum absolute atomic E-state index is 0.282. The van der Waals surface area contributed by atoms with E-state index < -0.39 is 0 Å². The molecule has 0 aromatic heterocycles. The maximum Gasteiger partial charge on any atom is 0.0579 e. The van der Waals surface area contributed by atoms with Gasteiger partial charge in [0, 0.05) is 0 Å². The lowest BCUT2D eigenvalue weighted by molar-refractivity contribution is 0.627. The second-order valence-corrected chi connectivity index (χ2v) is 5.26. The second-order valence-electron chi connectivity index (χ2n) is 5.26. The van der Waals surface area contributed by atoms with Gasteiger partial charge in [0.2, 0.25) is 0 Å². The zero-order chi connectivity index (χ0) is 13.8. The highest BCUT2D eigenvalue weighted by Crippen LogP contribution is 2.26. The van der Waals surface area contributed by atoms with Crippen molar-refractivity contribution in [2.45, 2.75) is 33.7 Å². The van der Waals surface area contributed by atoms with Crippen LogP contribution in [0.3, 0.4) is 0 Å². The molecule has 1 nitrogen and oxygen atoms in total. The molecule has 100 valence electrons. The molecule has 1 N–H and O–H groups in total. The summed E-state index contributed by atoms with van der Waals surface area (Å²) in [5, 5.41) is 3.61. The van der Waals surface area contributed by atoms with Crippen LogP contribution in [0.1, 0.15) is 40.8 Å². The molecule has 0 radical (unpaired) electrons. The van der Waals surface area contributed by atoms with Crippen molar-refractivity contribution >= 4 is 0 Å². The van der Waals surface area contributed by atoms with Gasteiger partial charge in [0.05, 0.1) is 6.04 Å². The van der Waals surface area contributed by atoms with Crippen molar-refractivity contribution in [3.63, 3.8) is 0 Å². The van der Waals surface area contributed by atoms with Gasteiger partial charge in [-0.05, 0) is 44.0 Å². The zero-order valence-electron chi connectivity index (χ0n) is 12.3. The fraction of sp³-hybridized carbons (Fsp3) is 0.333.